The maximum Gasteiger partial charge on any atom is 0.245 e. The Morgan fingerprint density at radius 1 is 0.642 bits per heavy atom. The summed E-state index contributed by atoms with van der Waals surface area (Å²) in [5, 5.41) is 44.0. The number of carbonyl (C=O) groups excluding carboxylic acids is 7. The third-order valence-electron chi connectivity index (χ3n) is 7.91. The molecule has 18 heteroatoms. The molecule has 0 spiro atoms. The number of unbranched alkanes of at least 4 members (excludes halogenated alkanes) is 1. The van der Waals surface area contributed by atoms with Gasteiger partial charge < -0.3 is 58.7 Å². The van der Waals surface area contributed by atoms with Crippen LogP contribution in [-0.4, -0.2) is 107 Å². The van der Waals surface area contributed by atoms with E-state index >= 15 is 0 Å². The van der Waals surface area contributed by atoms with Crippen LogP contribution in [0.2, 0.25) is 0 Å². The summed E-state index contributed by atoms with van der Waals surface area (Å²) in [5.41, 5.74) is 12.2. The summed E-state index contributed by atoms with van der Waals surface area (Å²) in [4.78, 5) is 88.9. The number of rotatable bonds is 22. The Labute approximate surface area is 306 Å². The molecule has 18 nitrogen and oxygen atoms in total. The van der Waals surface area contributed by atoms with Crippen LogP contribution in [0.5, 0.6) is 11.5 Å². The van der Waals surface area contributed by atoms with Crippen LogP contribution in [0, 0.1) is 0 Å². The number of carbonyl (C=O) groups is 7. The van der Waals surface area contributed by atoms with Crippen molar-refractivity contribution in [1.82, 2.24) is 31.9 Å². The van der Waals surface area contributed by atoms with Gasteiger partial charge in [-0.25, -0.2) is 0 Å². The molecule has 0 radical (unpaired) electrons. The molecule has 2 rings (SSSR count). The zero-order valence-corrected chi connectivity index (χ0v) is 29.7. The second-order valence-electron chi connectivity index (χ2n) is 12.3. The average Bonchev–Trinajstić information content (AvgIpc) is 3.12. The summed E-state index contributed by atoms with van der Waals surface area (Å²) < 4.78 is 0. The van der Waals surface area contributed by atoms with Crippen molar-refractivity contribution in [3.8, 4) is 11.5 Å². The average molecular weight is 743 g/mol. The van der Waals surface area contributed by atoms with Gasteiger partial charge in [0.25, 0.3) is 0 Å². The molecule has 2 aromatic rings. The van der Waals surface area contributed by atoms with Gasteiger partial charge in [0, 0.05) is 19.3 Å². The van der Waals surface area contributed by atoms with Crippen LogP contribution in [0.15, 0.2) is 48.5 Å². The zero-order chi connectivity index (χ0) is 39.5. The number of primary amides is 1. The minimum atomic E-state index is -1.56. The normalized spacial score (nSPS) is 13.6. The summed E-state index contributed by atoms with van der Waals surface area (Å²) in [6.45, 7) is 1.94. The van der Waals surface area contributed by atoms with Crippen LogP contribution in [0.4, 0.5) is 0 Å². The van der Waals surface area contributed by atoms with E-state index in [1.165, 1.54) is 31.2 Å². The van der Waals surface area contributed by atoms with Crippen molar-refractivity contribution in [2.45, 2.75) is 82.6 Å². The monoisotopic (exact) mass is 742 g/mol. The highest BCUT2D eigenvalue weighted by Gasteiger charge is 2.30. The van der Waals surface area contributed by atoms with Crippen molar-refractivity contribution in [3.63, 3.8) is 0 Å². The number of nitrogens with two attached hydrogens (primary N) is 2. The lowest BCUT2D eigenvalue weighted by molar-refractivity contribution is -0.135. The van der Waals surface area contributed by atoms with Gasteiger partial charge in [0.15, 0.2) is 0 Å². The van der Waals surface area contributed by atoms with Crippen molar-refractivity contribution in [3.05, 3.63) is 59.7 Å². The smallest absolute Gasteiger partial charge is 0.245 e. The fourth-order valence-electron chi connectivity index (χ4n) is 4.94. The Kier molecular flexibility index (Phi) is 18.2. The summed E-state index contributed by atoms with van der Waals surface area (Å²) in [5.74, 6) is -5.20. The summed E-state index contributed by atoms with van der Waals surface area (Å²) in [7, 11) is 0. The van der Waals surface area contributed by atoms with Gasteiger partial charge in [-0.15, -0.1) is 0 Å². The van der Waals surface area contributed by atoms with Gasteiger partial charge in [-0.1, -0.05) is 31.2 Å². The van der Waals surface area contributed by atoms with Crippen LogP contribution in [-0.2, 0) is 46.4 Å². The number of phenolic OH excluding ortho intramolecular Hbond substituents is 2. The van der Waals surface area contributed by atoms with Crippen LogP contribution in [0.3, 0.4) is 0 Å². The van der Waals surface area contributed by atoms with E-state index in [2.05, 4.69) is 31.9 Å². The van der Waals surface area contributed by atoms with Gasteiger partial charge in [0.05, 0.1) is 19.2 Å². The highest BCUT2D eigenvalue weighted by atomic mass is 16.3. The molecule has 0 aromatic heterocycles. The quantitative estimate of drug-likeness (QED) is 0.0559. The lowest BCUT2D eigenvalue weighted by Crippen LogP contribution is -2.59. The Bertz CT molecular complexity index is 1550. The van der Waals surface area contributed by atoms with Crippen molar-refractivity contribution in [1.29, 1.82) is 0 Å². The number of phenols is 2. The number of aromatic hydroxyl groups is 2. The number of amides is 7. The molecule has 0 fully saturated rings. The van der Waals surface area contributed by atoms with Crippen molar-refractivity contribution in [2.24, 2.45) is 11.5 Å². The molecule has 0 saturated carbocycles. The summed E-state index contributed by atoms with van der Waals surface area (Å²) in [6, 6.07) is 6.97. The van der Waals surface area contributed by atoms with Crippen molar-refractivity contribution in [2.75, 3.05) is 19.6 Å². The molecule has 53 heavy (non-hydrogen) atoms. The molecule has 0 aliphatic carbocycles. The molecule has 5 atom stereocenters. The van der Waals surface area contributed by atoms with Gasteiger partial charge in [-0.2, -0.15) is 0 Å². The molecule has 0 saturated heterocycles. The van der Waals surface area contributed by atoms with Gasteiger partial charge in [-0.05, 0) is 68.1 Å². The molecule has 0 aliphatic rings. The molecule has 290 valence electrons. The molecule has 0 aliphatic heterocycles. The van der Waals surface area contributed by atoms with Gasteiger partial charge in [0.1, 0.15) is 35.7 Å². The van der Waals surface area contributed by atoms with Crippen LogP contribution < -0.4 is 43.4 Å². The maximum absolute atomic E-state index is 13.3. The van der Waals surface area contributed by atoms with Crippen molar-refractivity contribution >= 4 is 41.4 Å². The predicted octanol–water partition coefficient (Wildman–Crippen LogP) is -2.54. The predicted molar refractivity (Wildman–Crippen MR) is 191 cm³/mol. The second-order valence-corrected chi connectivity index (χ2v) is 12.3. The minimum absolute atomic E-state index is 0.0104. The first kappa shape index (κ1) is 43.4. The molecule has 13 N–H and O–H groups in total. The first-order valence-electron chi connectivity index (χ1n) is 17.1. The van der Waals surface area contributed by atoms with E-state index in [-0.39, 0.29) is 37.2 Å². The topological polar surface area (TPSA) is 304 Å². The SMILES string of the molecule is CCC(=O)N[C@@H](Cc1ccc(O)cc1)C(=O)NCC(=O)N[C@@H](CCCCN)C(=O)NC(C(=O)NCC(=O)N[C@H](Cc1ccc(O)cc1)C(N)=O)C(C)O. The summed E-state index contributed by atoms with van der Waals surface area (Å²) in [6.07, 6.45) is -0.270. The molecule has 0 bridgehead atoms. The number of hydrogen-bond acceptors (Lipinski definition) is 11. The van der Waals surface area contributed by atoms with E-state index in [0.717, 1.165) is 0 Å². The molecule has 0 heterocycles. The Morgan fingerprint density at radius 2 is 1.11 bits per heavy atom. The van der Waals surface area contributed by atoms with E-state index < -0.39 is 84.7 Å². The fraction of sp³-hybridized carbons (Fsp3) is 0.457. The van der Waals surface area contributed by atoms with Gasteiger partial charge in [-0.3, -0.25) is 33.6 Å². The lowest BCUT2D eigenvalue weighted by atomic mass is 10.0. The Morgan fingerprint density at radius 3 is 1.58 bits per heavy atom. The molecule has 2 unspecified atom stereocenters. The minimum Gasteiger partial charge on any atom is -0.508 e. The third kappa shape index (κ3) is 16.0. The van der Waals surface area contributed by atoms with E-state index in [9.17, 15) is 48.9 Å². The largest absolute Gasteiger partial charge is 0.508 e. The number of hydrogen-bond donors (Lipinski definition) is 11. The Balaban J connectivity index is 2.02. The van der Waals surface area contributed by atoms with Crippen LogP contribution in [0.1, 0.15) is 50.7 Å². The first-order valence-corrected chi connectivity index (χ1v) is 17.1. The molecule has 7 amide bonds. The summed E-state index contributed by atoms with van der Waals surface area (Å²) >= 11 is 0. The second kappa shape index (κ2) is 22.2. The van der Waals surface area contributed by atoms with E-state index in [1.54, 1.807) is 31.2 Å². The Hall–Kier alpha value is -5.75. The standard InChI is InChI=1S/C35H50N8O10/c1-3-28(47)42-27(17-22-9-13-24(46)14-10-22)33(51)38-18-29(48)40-25(6-4-5-15-36)34(52)43-31(20(2)44)35(53)39-19-30(49)41-26(32(37)50)16-21-7-11-23(45)12-8-21/h7-14,20,25-27,31,44-46H,3-6,15-19,36H2,1-2H3,(H2,37,50)(H,38,51)(H,39,53)(H,40,48)(H,41,49)(H,42,47)(H,43,52)/t20?,25-,26+,27-,31?/m0/s1. The van der Waals surface area contributed by atoms with E-state index in [1.807, 2.05) is 0 Å². The maximum atomic E-state index is 13.3. The fourth-order valence-corrected chi connectivity index (χ4v) is 4.94. The number of aliphatic hydroxyl groups is 1. The van der Waals surface area contributed by atoms with Gasteiger partial charge >= 0.3 is 0 Å². The first-order chi connectivity index (χ1) is 25.1. The van der Waals surface area contributed by atoms with E-state index in [0.29, 0.717) is 30.5 Å². The van der Waals surface area contributed by atoms with Crippen molar-refractivity contribution < 1.29 is 48.9 Å². The lowest BCUT2D eigenvalue weighted by Gasteiger charge is -2.25. The molecular weight excluding hydrogens is 692 g/mol. The molecular formula is C35H50N8O10. The zero-order valence-electron chi connectivity index (χ0n) is 29.7. The van der Waals surface area contributed by atoms with E-state index in [4.69, 9.17) is 11.5 Å². The molecule has 2 aromatic carbocycles. The van der Waals surface area contributed by atoms with Crippen LogP contribution in [0.25, 0.3) is 0 Å². The van der Waals surface area contributed by atoms with Gasteiger partial charge in [0.2, 0.25) is 41.4 Å². The number of aliphatic hydroxyl groups excluding tert-OH is 1. The number of nitrogens with one attached hydrogen (secondary N) is 6. The third-order valence-corrected chi connectivity index (χ3v) is 7.91. The highest BCUT2D eigenvalue weighted by Crippen LogP contribution is 2.13. The highest BCUT2D eigenvalue weighted by molar-refractivity contribution is 5.95. The van der Waals surface area contributed by atoms with Crippen LogP contribution >= 0.6 is 0 Å². The number of benzene rings is 2.